The van der Waals surface area contributed by atoms with Gasteiger partial charge in [0.05, 0.1) is 34.4 Å². The van der Waals surface area contributed by atoms with Crippen LogP contribution in [0, 0.1) is 0 Å². The molecule has 0 fully saturated rings. The Bertz CT molecular complexity index is 1110. The first-order valence-electron chi connectivity index (χ1n) is 21.0. The summed E-state index contributed by atoms with van der Waals surface area (Å²) in [4.78, 5) is 36.9. The molecule has 54 heavy (non-hydrogen) atoms. The van der Waals surface area contributed by atoms with Crippen molar-refractivity contribution in [3.05, 3.63) is 72.9 Å². The third-order valence-electron chi connectivity index (χ3n) is 8.96. The van der Waals surface area contributed by atoms with Gasteiger partial charge in [0.1, 0.15) is 6.61 Å². The van der Waals surface area contributed by atoms with Crippen molar-refractivity contribution in [1.82, 2.24) is 0 Å². The zero-order valence-corrected chi connectivity index (χ0v) is 34.9. The van der Waals surface area contributed by atoms with Crippen LogP contribution in [0.1, 0.15) is 149 Å². The molecule has 0 amide bonds. The highest BCUT2D eigenvalue weighted by atomic mass is 16.6. The summed E-state index contributed by atoms with van der Waals surface area (Å²) in [5.74, 6) is -1.52. The second kappa shape index (κ2) is 36.7. The Morgan fingerprint density at radius 3 is 1.56 bits per heavy atom. The standard InChI is InChI=1S/C46H77NO7/c1-6-8-10-12-14-16-18-20-22-24-26-28-30-32-34-36-44(48)53-41-42(40-52-39-38-43(46(50)51)47(3,4)5)54-45(49)37-35-33-31-29-27-25-23-21-19-17-15-13-11-9-7-2/h8,10,12,14-22,42-43H,6-7,9,11,13,23-41H2,1-5H3/p+1/b10-8+,14-12+,17-15+,18-16+,21-19+,22-20+. The Morgan fingerprint density at radius 2 is 1.04 bits per heavy atom. The molecule has 2 unspecified atom stereocenters. The number of hydrogen-bond acceptors (Lipinski definition) is 6. The van der Waals surface area contributed by atoms with Gasteiger partial charge in [-0.3, -0.25) is 9.59 Å². The number of unbranched alkanes of at least 4 members (excludes halogenated alkanes) is 14. The minimum atomic E-state index is -0.884. The number of rotatable bonds is 36. The predicted molar refractivity (Wildman–Crippen MR) is 224 cm³/mol. The van der Waals surface area contributed by atoms with Gasteiger partial charge in [0.25, 0.3) is 0 Å². The molecule has 2 atom stereocenters. The van der Waals surface area contributed by atoms with E-state index in [4.69, 9.17) is 14.2 Å². The number of ether oxygens (including phenoxy) is 3. The number of nitrogens with zero attached hydrogens (tertiary/aromatic N) is 1. The Hall–Kier alpha value is -3.23. The molecule has 0 heterocycles. The minimum Gasteiger partial charge on any atom is -0.477 e. The van der Waals surface area contributed by atoms with E-state index in [-0.39, 0.29) is 36.2 Å². The molecule has 0 spiro atoms. The molecule has 0 aromatic heterocycles. The SMILES string of the molecule is CC/C=C/C=C/C=C/C=C/CCCCCCCC(=O)OCC(COCCC(C(=O)O)[N+](C)(C)C)OC(=O)CCCCCCCC/C=C/C=C/CCCCC. The molecule has 0 bridgehead atoms. The molecule has 0 saturated carbocycles. The molecule has 8 heteroatoms. The van der Waals surface area contributed by atoms with Crippen LogP contribution in [-0.2, 0) is 28.6 Å². The van der Waals surface area contributed by atoms with Gasteiger partial charge in [-0.1, -0.05) is 145 Å². The number of carbonyl (C=O) groups excluding carboxylic acids is 2. The van der Waals surface area contributed by atoms with Gasteiger partial charge in [-0.05, 0) is 57.8 Å². The molecule has 0 aliphatic rings. The minimum absolute atomic E-state index is 0.0445. The summed E-state index contributed by atoms with van der Waals surface area (Å²) < 4.78 is 17.2. The van der Waals surface area contributed by atoms with E-state index in [0.717, 1.165) is 83.5 Å². The van der Waals surface area contributed by atoms with Crippen LogP contribution in [0.25, 0.3) is 0 Å². The molecule has 8 nitrogen and oxygen atoms in total. The van der Waals surface area contributed by atoms with E-state index in [1.807, 2.05) is 51.5 Å². The summed E-state index contributed by atoms with van der Waals surface area (Å²) in [5, 5.41) is 9.61. The molecule has 0 aromatic carbocycles. The maximum Gasteiger partial charge on any atom is 0.362 e. The van der Waals surface area contributed by atoms with E-state index in [9.17, 15) is 19.5 Å². The van der Waals surface area contributed by atoms with Crippen molar-refractivity contribution >= 4 is 17.9 Å². The number of carbonyl (C=O) groups is 3. The van der Waals surface area contributed by atoms with Crippen molar-refractivity contribution in [2.24, 2.45) is 0 Å². The Balaban J connectivity index is 4.45. The van der Waals surface area contributed by atoms with E-state index in [1.165, 1.54) is 32.1 Å². The van der Waals surface area contributed by atoms with E-state index >= 15 is 0 Å². The summed E-state index contributed by atoms with van der Waals surface area (Å²) in [6.07, 6.45) is 45.1. The van der Waals surface area contributed by atoms with Gasteiger partial charge in [0.15, 0.2) is 12.1 Å². The molecule has 0 saturated heterocycles. The Kier molecular flexibility index (Phi) is 34.5. The van der Waals surface area contributed by atoms with Crippen molar-refractivity contribution in [2.45, 2.75) is 161 Å². The lowest BCUT2D eigenvalue weighted by Crippen LogP contribution is -2.50. The maximum atomic E-state index is 12.7. The first-order valence-corrected chi connectivity index (χ1v) is 21.0. The third-order valence-corrected chi connectivity index (χ3v) is 8.96. The van der Waals surface area contributed by atoms with Crippen LogP contribution in [0.5, 0.6) is 0 Å². The number of likely N-dealkylation sites (N-methyl/N-ethyl adjacent to an activating group) is 1. The second-order valence-corrected chi connectivity index (χ2v) is 15.0. The maximum absolute atomic E-state index is 12.7. The van der Waals surface area contributed by atoms with Crippen molar-refractivity contribution in [2.75, 3.05) is 41.0 Å². The molecule has 1 N–H and O–H groups in total. The van der Waals surface area contributed by atoms with Crippen molar-refractivity contribution < 1.29 is 38.2 Å². The van der Waals surface area contributed by atoms with Crippen LogP contribution >= 0.6 is 0 Å². The monoisotopic (exact) mass is 757 g/mol. The summed E-state index contributed by atoms with van der Waals surface area (Å²) >= 11 is 0. The zero-order valence-electron chi connectivity index (χ0n) is 34.9. The van der Waals surface area contributed by atoms with Crippen molar-refractivity contribution in [1.29, 1.82) is 0 Å². The van der Waals surface area contributed by atoms with Gasteiger partial charge < -0.3 is 23.8 Å². The largest absolute Gasteiger partial charge is 0.477 e. The zero-order chi connectivity index (χ0) is 40.0. The quantitative estimate of drug-likeness (QED) is 0.0294. The first-order chi connectivity index (χ1) is 26.1. The lowest BCUT2D eigenvalue weighted by Gasteiger charge is -2.31. The summed E-state index contributed by atoms with van der Waals surface area (Å²) in [6, 6.07) is -0.623. The van der Waals surface area contributed by atoms with Gasteiger partial charge in [-0.2, -0.15) is 0 Å². The summed E-state index contributed by atoms with van der Waals surface area (Å²) in [7, 11) is 5.50. The second-order valence-electron chi connectivity index (χ2n) is 15.0. The topological polar surface area (TPSA) is 99.1 Å². The summed E-state index contributed by atoms with van der Waals surface area (Å²) in [6.45, 7) is 4.51. The molecule has 0 rings (SSSR count). The van der Waals surface area contributed by atoms with Crippen LogP contribution in [0.3, 0.4) is 0 Å². The normalized spacial score (nSPS) is 13.7. The third kappa shape index (κ3) is 34.5. The van der Waals surface area contributed by atoms with Gasteiger partial charge in [0, 0.05) is 19.3 Å². The number of quaternary nitrogens is 1. The molecular weight excluding hydrogens is 679 g/mol. The lowest BCUT2D eigenvalue weighted by atomic mass is 10.1. The number of esters is 2. The molecule has 0 radical (unpaired) electrons. The molecule has 308 valence electrons. The van der Waals surface area contributed by atoms with Crippen molar-refractivity contribution in [3.8, 4) is 0 Å². The number of hydrogen-bond donors (Lipinski definition) is 1. The van der Waals surface area contributed by atoms with Crippen LogP contribution in [0.2, 0.25) is 0 Å². The summed E-state index contributed by atoms with van der Waals surface area (Å²) in [5.41, 5.74) is 0. The highest BCUT2D eigenvalue weighted by molar-refractivity contribution is 5.72. The fraction of sp³-hybridized carbons (Fsp3) is 0.674. The average Bonchev–Trinajstić information content (AvgIpc) is 3.12. The average molecular weight is 757 g/mol. The van der Waals surface area contributed by atoms with E-state index in [2.05, 4.69) is 56.4 Å². The lowest BCUT2D eigenvalue weighted by molar-refractivity contribution is -0.887. The van der Waals surface area contributed by atoms with Crippen molar-refractivity contribution in [3.63, 3.8) is 0 Å². The predicted octanol–water partition coefficient (Wildman–Crippen LogP) is 11.2. The highest BCUT2D eigenvalue weighted by Crippen LogP contribution is 2.13. The van der Waals surface area contributed by atoms with Gasteiger partial charge >= 0.3 is 17.9 Å². The fourth-order valence-electron chi connectivity index (χ4n) is 5.68. The number of carboxylic acid groups (broad SMARTS) is 1. The molecular formula is C46H78NO7+. The van der Waals surface area contributed by atoms with Crippen LogP contribution in [0.15, 0.2) is 72.9 Å². The number of allylic oxidation sites excluding steroid dienone is 12. The molecule has 0 aliphatic carbocycles. The first kappa shape index (κ1) is 50.8. The smallest absolute Gasteiger partial charge is 0.362 e. The van der Waals surface area contributed by atoms with E-state index < -0.39 is 18.1 Å². The Labute approximate surface area is 330 Å². The van der Waals surface area contributed by atoms with Gasteiger partial charge in [-0.25, -0.2) is 4.79 Å². The number of aliphatic carboxylic acids is 1. The molecule has 0 aromatic rings. The van der Waals surface area contributed by atoms with E-state index in [1.54, 1.807) is 0 Å². The van der Waals surface area contributed by atoms with Crippen LogP contribution in [-0.4, -0.2) is 80.6 Å². The van der Waals surface area contributed by atoms with Crippen LogP contribution < -0.4 is 0 Å². The fourth-order valence-corrected chi connectivity index (χ4v) is 5.68. The van der Waals surface area contributed by atoms with Crippen LogP contribution in [0.4, 0.5) is 0 Å². The Morgan fingerprint density at radius 1 is 0.574 bits per heavy atom. The van der Waals surface area contributed by atoms with Gasteiger partial charge in [0.2, 0.25) is 0 Å². The van der Waals surface area contributed by atoms with Gasteiger partial charge in [-0.15, -0.1) is 0 Å². The number of carboxylic acids is 1. The van der Waals surface area contributed by atoms with E-state index in [0.29, 0.717) is 19.3 Å². The molecule has 0 aliphatic heterocycles. The highest BCUT2D eigenvalue weighted by Gasteiger charge is 2.31.